The van der Waals surface area contributed by atoms with Crippen molar-refractivity contribution < 1.29 is 14.3 Å². The summed E-state index contributed by atoms with van der Waals surface area (Å²) in [5, 5.41) is 10.1. The van der Waals surface area contributed by atoms with E-state index in [2.05, 4.69) is 4.98 Å². The van der Waals surface area contributed by atoms with E-state index in [9.17, 15) is 14.3 Å². The van der Waals surface area contributed by atoms with Crippen molar-refractivity contribution in [2.24, 2.45) is 5.92 Å². The van der Waals surface area contributed by atoms with Gasteiger partial charge >= 0.3 is 0 Å². The number of piperidine rings is 1. The maximum atomic E-state index is 14.0. The number of aromatic amines is 1. The highest BCUT2D eigenvalue weighted by molar-refractivity contribution is 6.06. The van der Waals surface area contributed by atoms with Crippen molar-refractivity contribution in [2.75, 3.05) is 13.1 Å². The molecule has 2 atom stereocenters. The van der Waals surface area contributed by atoms with Gasteiger partial charge in [-0.05, 0) is 31.9 Å². The Bertz CT molecular complexity index is 665. The zero-order valence-electron chi connectivity index (χ0n) is 12.0. The molecule has 1 aliphatic heterocycles. The molecular formula is C16H19FN2O2. The van der Waals surface area contributed by atoms with Crippen molar-refractivity contribution in [3.63, 3.8) is 0 Å². The van der Waals surface area contributed by atoms with E-state index < -0.39 is 6.10 Å². The van der Waals surface area contributed by atoms with Gasteiger partial charge in [-0.25, -0.2) is 4.39 Å². The Labute approximate surface area is 122 Å². The van der Waals surface area contributed by atoms with E-state index in [0.29, 0.717) is 29.6 Å². The number of likely N-dealkylation sites (tertiary alicyclic amines) is 1. The van der Waals surface area contributed by atoms with Crippen LogP contribution in [0.1, 0.15) is 30.1 Å². The van der Waals surface area contributed by atoms with E-state index >= 15 is 0 Å². The van der Waals surface area contributed by atoms with Gasteiger partial charge in [0.25, 0.3) is 5.91 Å². The molecule has 5 heteroatoms. The van der Waals surface area contributed by atoms with Crippen LogP contribution in [0.5, 0.6) is 0 Å². The number of hydrogen-bond acceptors (Lipinski definition) is 2. The van der Waals surface area contributed by atoms with E-state index in [4.69, 9.17) is 0 Å². The zero-order chi connectivity index (χ0) is 15.0. The van der Waals surface area contributed by atoms with Crippen molar-refractivity contribution >= 4 is 16.8 Å². The summed E-state index contributed by atoms with van der Waals surface area (Å²) in [6.45, 7) is 2.94. The summed E-state index contributed by atoms with van der Waals surface area (Å²) in [5.41, 5.74) is 0.997. The molecule has 1 amide bonds. The lowest BCUT2D eigenvalue weighted by atomic mass is 9.93. The molecule has 4 nitrogen and oxygen atoms in total. The molecule has 0 saturated carbocycles. The third-order valence-electron chi connectivity index (χ3n) is 4.31. The number of H-pyrrole nitrogens is 1. The average molecular weight is 290 g/mol. The molecule has 0 radical (unpaired) electrons. The topological polar surface area (TPSA) is 56.3 Å². The molecule has 112 valence electrons. The fourth-order valence-electron chi connectivity index (χ4n) is 3.07. The summed E-state index contributed by atoms with van der Waals surface area (Å²) in [6, 6.07) is 4.73. The first-order valence-electron chi connectivity index (χ1n) is 7.31. The van der Waals surface area contributed by atoms with E-state index in [0.717, 1.165) is 12.8 Å². The quantitative estimate of drug-likeness (QED) is 0.893. The Morgan fingerprint density at radius 3 is 3.10 bits per heavy atom. The van der Waals surface area contributed by atoms with Crippen LogP contribution >= 0.6 is 0 Å². The number of rotatable bonds is 2. The fourth-order valence-corrected chi connectivity index (χ4v) is 3.07. The van der Waals surface area contributed by atoms with Gasteiger partial charge in [0.2, 0.25) is 0 Å². The van der Waals surface area contributed by atoms with Gasteiger partial charge in [0, 0.05) is 36.1 Å². The van der Waals surface area contributed by atoms with Gasteiger partial charge in [-0.2, -0.15) is 0 Å². The van der Waals surface area contributed by atoms with Crippen LogP contribution in [0.25, 0.3) is 10.9 Å². The molecule has 1 aliphatic rings. The standard InChI is InChI=1S/C16H19FN2O2/c1-10(20)11-4-3-7-19(9-11)16(21)12-8-18-14-6-2-5-13(17)15(12)14/h2,5-6,8,10-11,18,20H,3-4,7,9H2,1H3. The Morgan fingerprint density at radius 1 is 1.52 bits per heavy atom. The first-order valence-corrected chi connectivity index (χ1v) is 7.31. The lowest BCUT2D eigenvalue weighted by Gasteiger charge is -2.34. The number of carbonyl (C=O) groups excluding carboxylic acids is 1. The second-order valence-electron chi connectivity index (χ2n) is 5.76. The molecule has 3 rings (SSSR count). The van der Waals surface area contributed by atoms with Crippen LogP contribution in [-0.2, 0) is 0 Å². The summed E-state index contributed by atoms with van der Waals surface area (Å²) in [7, 11) is 0. The minimum Gasteiger partial charge on any atom is -0.393 e. The number of fused-ring (bicyclic) bond motifs is 1. The molecule has 2 aromatic rings. The van der Waals surface area contributed by atoms with Gasteiger partial charge in [-0.1, -0.05) is 6.07 Å². The number of nitrogens with one attached hydrogen (secondary N) is 1. The van der Waals surface area contributed by atoms with Gasteiger partial charge in [-0.15, -0.1) is 0 Å². The highest BCUT2D eigenvalue weighted by Gasteiger charge is 2.28. The van der Waals surface area contributed by atoms with Crippen LogP contribution in [0.2, 0.25) is 0 Å². The smallest absolute Gasteiger partial charge is 0.256 e. The van der Waals surface area contributed by atoms with Gasteiger partial charge in [0.1, 0.15) is 5.82 Å². The van der Waals surface area contributed by atoms with Crippen molar-refractivity contribution in [3.8, 4) is 0 Å². The molecule has 21 heavy (non-hydrogen) atoms. The molecule has 2 heterocycles. The van der Waals surface area contributed by atoms with Gasteiger partial charge < -0.3 is 15.0 Å². The molecule has 1 aromatic heterocycles. The van der Waals surface area contributed by atoms with Crippen LogP contribution in [0.3, 0.4) is 0 Å². The third kappa shape index (κ3) is 2.53. The normalized spacial score (nSPS) is 20.7. The third-order valence-corrected chi connectivity index (χ3v) is 4.31. The van der Waals surface area contributed by atoms with Crippen molar-refractivity contribution in [1.82, 2.24) is 9.88 Å². The monoisotopic (exact) mass is 290 g/mol. The van der Waals surface area contributed by atoms with Gasteiger partial charge in [0.15, 0.2) is 0 Å². The molecule has 0 spiro atoms. The Balaban J connectivity index is 1.90. The first kappa shape index (κ1) is 14.1. The number of halogens is 1. The Hall–Kier alpha value is -1.88. The van der Waals surface area contributed by atoms with Crippen molar-refractivity contribution in [3.05, 3.63) is 35.8 Å². The lowest BCUT2D eigenvalue weighted by molar-refractivity contribution is 0.0467. The average Bonchev–Trinajstić information content (AvgIpc) is 2.92. The van der Waals surface area contributed by atoms with E-state index in [1.807, 2.05) is 0 Å². The molecule has 1 aromatic carbocycles. The van der Waals surface area contributed by atoms with E-state index in [1.165, 1.54) is 6.07 Å². The minimum atomic E-state index is -0.430. The largest absolute Gasteiger partial charge is 0.393 e. The van der Waals surface area contributed by atoms with Crippen LogP contribution in [0, 0.1) is 11.7 Å². The predicted octanol–water partition coefficient (Wildman–Crippen LogP) is 2.54. The highest BCUT2D eigenvalue weighted by Crippen LogP contribution is 2.26. The minimum absolute atomic E-state index is 0.0951. The number of amides is 1. The second-order valence-corrected chi connectivity index (χ2v) is 5.76. The summed E-state index contributed by atoms with van der Waals surface area (Å²) in [4.78, 5) is 17.3. The lowest BCUT2D eigenvalue weighted by Crippen LogP contribution is -2.42. The molecule has 0 aliphatic carbocycles. The van der Waals surface area contributed by atoms with E-state index in [1.54, 1.807) is 30.2 Å². The number of aliphatic hydroxyl groups excluding tert-OH is 1. The summed E-state index contributed by atoms with van der Waals surface area (Å²) < 4.78 is 14.0. The van der Waals surface area contributed by atoms with Crippen molar-refractivity contribution in [1.29, 1.82) is 0 Å². The maximum Gasteiger partial charge on any atom is 0.256 e. The SMILES string of the molecule is CC(O)C1CCCN(C(=O)c2c[nH]c3cccc(F)c23)C1. The summed E-state index contributed by atoms with van der Waals surface area (Å²) in [6.07, 6.45) is 2.93. The van der Waals surface area contributed by atoms with Crippen LogP contribution in [-0.4, -0.2) is 40.1 Å². The Morgan fingerprint density at radius 2 is 2.33 bits per heavy atom. The highest BCUT2D eigenvalue weighted by atomic mass is 19.1. The molecule has 1 saturated heterocycles. The molecule has 0 bridgehead atoms. The number of aromatic nitrogens is 1. The van der Waals surface area contributed by atoms with E-state index in [-0.39, 0.29) is 17.6 Å². The number of benzene rings is 1. The number of carbonyl (C=O) groups is 1. The fraction of sp³-hybridized carbons (Fsp3) is 0.438. The number of aliphatic hydroxyl groups is 1. The van der Waals surface area contributed by atoms with Gasteiger partial charge in [0.05, 0.1) is 11.7 Å². The summed E-state index contributed by atoms with van der Waals surface area (Å²) >= 11 is 0. The zero-order valence-corrected chi connectivity index (χ0v) is 12.0. The second kappa shape index (κ2) is 5.48. The maximum absolute atomic E-state index is 14.0. The number of hydrogen-bond donors (Lipinski definition) is 2. The Kier molecular flexibility index (Phi) is 3.68. The molecule has 2 unspecified atom stereocenters. The van der Waals surface area contributed by atoms with Crippen LogP contribution < -0.4 is 0 Å². The van der Waals surface area contributed by atoms with Crippen LogP contribution in [0.15, 0.2) is 24.4 Å². The summed E-state index contributed by atoms with van der Waals surface area (Å²) in [5.74, 6) is -0.462. The molecular weight excluding hydrogens is 271 g/mol. The molecule has 2 N–H and O–H groups in total. The first-order chi connectivity index (χ1) is 10.1. The number of nitrogens with zero attached hydrogens (tertiary/aromatic N) is 1. The molecule has 1 fully saturated rings. The predicted molar refractivity (Wildman–Crippen MR) is 78.6 cm³/mol. The van der Waals surface area contributed by atoms with Crippen LogP contribution in [0.4, 0.5) is 4.39 Å². The van der Waals surface area contributed by atoms with Crippen molar-refractivity contribution in [2.45, 2.75) is 25.9 Å². The van der Waals surface area contributed by atoms with Gasteiger partial charge in [-0.3, -0.25) is 4.79 Å².